The first kappa shape index (κ1) is 15.3. The van der Waals surface area contributed by atoms with Crippen LogP contribution in [0.25, 0.3) is 0 Å². The topological polar surface area (TPSA) is 99.1 Å². The number of ether oxygens (including phenoxy) is 1. The van der Waals surface area contributed by atoms with Crippen molar-refractivity contribution in [1.82, 2.24) is 10.1 Å². The van der Waals surface area contributed by atoms with Crippen molar-refractivity contribution < 1.29 is 24.4 Å². The van der Waals surface area contributed by atoms with Gasteiger partial charge in [0.05, 0.1) is 0 Å². The van der Waals surface area contributed by atoms with Crippen LogP contribution < -0.4 is 5.23 Å². The van der Waals surface area contributed by atoms with Crippen LogP contribution in [0.2, 0.25) is 6.82 Å². The van der Waals surface area contributed by atoms with Crippen LogP contribution >= 0.6 is 0 Å². The Morgan fingerprint density at radius 1 is 1.67 bits per heavy atom. The predicted octanol–water partition coefficient (Wildman–Crippen LogP) is -1.76. The number of carboxylic acid groups (broad SMARTS) is 1. The fraction of sp³-hybridized carbons (Fsp3) is 0.889. The molecule has 0 amide bonds. The van der Waals surface area contributed by atoms with Gasteiger partial charge in [-0.15, -0.1) is 0 Å². The molecule has 0 saturated carbocycles. The van der Waals surface area contributed by atoms with E-state index >= 15 is 0 Å². The summed E-state index contributed by atoms with van der Waals surface area (Å²) in [4.78, 5) is 12.6. The Morgan fingerprint density at radius 2 is 2.39 bits per heavy atom. The number of carbonyl (C=O) groups is 1. The molecular weight excluding hydrogens is 238 g/mol. The van der Waals surface area contributed by atoms with Gasteiger partial charge in [0.15, 0.2) is 0 Å². The average molecular weight is 256 g/mol. The van der Waals surface area contributed by atoms with E-state index in [0.717, 1.165) is 0 Å². The maximum absolute atomic E-state index is 11.0. The summed E-state index contributed by atoms with van der Waals surface area (Å²) in [6.07, 6.45) is 0.322. The fourth-order valence-corrected chi connectivity index (χ4v) is 2.03. The van der Waals surface area contributed by atoms with E-state index in [1.165, 1.54) is 0 Å². The Kier molecular flexibility index (Phi) is 6.48. The third-order valence-electron chi connectivity index (χ3n) is 2.85. The summed E-state index contributed by atoms with van der Waals surface area (Å²) in [5.41, 5.74) is 0. The average Bonchev–Trinajstić information content (AvgIpc) is 2.68. The summed E-state index contributed by atoms with van der Waals surface area (Å²) in [7, 11) is 0.114. The number of nitrogens with one attached hydrogen (secondary N) is 1. The van der Waals surface area contributed by atoms with Gasteiger partial charge < -0.3 is 0 Å². The van der Waals surface area contributed by atoms with E-state index in [1.807, 2.05) is 0 Å². The van der Waals surface area contributed by atoms with Gasteiger partial charge in [-0.1, -0.05) is 0 Å². The molecule has 3 N–H and O–H groups in total. The van der Waals surface area contributed by atoms with Crippen LogP contribution in [-0.4, -0.2) is 73.5 Å². The number of carboxylic acids is 1. The van der Waals surface area contributed by atoms with E-state index in [-0.39, 0.29) is 12.5 Å². The van der Waals surface area contributed by atoms with E-state index in [2.05, 4.69) is 5.23 Å². The molecule has 1 unspecified atom stereocenters. The number of likely N-dealkylation sites (tertiary alicyclic amines) is 1. The third-order valence-corrected chi connectivity index (χ3v) is 2.85. The molecule has 18 heavy (non-hydrogen) atoms. The molecule has 1 aliphatic rings. The van der Waals surface area contributed by atoms with E-state index < -0.39 is 19.1 Å². The zero-order valence-corrected chi connectivity index (χ0v) is 10.4. The molecule has 0 aromatic carbocycles. The second-order valence-corrected chi connectivity index (χ2v) is 4.33. The quantitative estimate of drug-likeness (QED) is 0.349. The maximum atomic E-state index is 11.0. The number of hydrogen-bond acceptors (Lipinski definition) is 6. The minimum absolute atomic E-state index is 0.114. The van der Waals surface area contributed by atoms with E-state index in [9.17, 15) is 9.50 Å². The Balaban J connectivity index is 2.31. The molecule has 2 atom stereocenters. The van der Waals surface area contributed by atoms with Gasteiger partial charge in [-0.2, -0.15) is 0 Å². The van der Waals surface area contributed by atoms with Crippen LogP contribution in [0.5, 0.6) is 0 Å². The Hall–Kier alpha value is -0.760. The molecule has 100 valence electrons. The van der Waals surface area contributed by atoms with E-state index in [1.54, 1.807) is 11.7 Å². The second kappa shape index (κ2) is 7.63. The fourth-order valence-electron chi connectivity index (χ4n) is 2.03. The van der Waals surface area contributed by atoms with E-state index in [0.29, 0.717) is 33.3 Å². The van der Waals surface area contributed by atoms with Gasteiger partial charge in [0.1, 0.15) is 0 Å². The summed E-state index contributed by atoms with van der Waals surface area (Å²) >= 11 is 0. The van der Waals surface area contributed by atoms with Crippen molar-refractivity contribution in [2.45, 2.75) is 25.4 Å². The number of nitrogens with zero attached hydrogens (tertiary/aromatic N) is 1. The predicted molar refractivity (Wildman–Crippen MR) is 65.6 cm³/mol. The molecule has 7 nitrogen and oxygen atoms in total. The zero-order valence-electron chi connectivity index (χ0n) is 10.4. The first-order valence-corrected chi connectivity index (χ1v) is 5.98. The summed E-state index contributed by atoms with van der Waals surface area (Å²) < 4.78 is 16.0. The van der Waals surface area contributed by atoms with Crippen LogP contribution in [0.4, 0.5) is 0 Å². The molecule has 0 spiro atoms. The van der Waals surface area contributed by atoms with Crippen LogP contribution in [0, 0.1) is 0 Å². The summed E-state index contributed by atoms with van der Waals surface area (Å²) in [5, 5.41) is 20.8. The molecule has 0 aliphatic carbocycles. The van der Waals surface area contributed by atoms with Crippen LogP contribution in [-0.2, 0) is 14.2 Å². The first-order valence-electron chi connectivity index (χ1n) is 5.98. The molecule has 1 aliphatic heterocycles. The first-order chi connectivity index (χ1) is 8.54. The van der Waals surface area contributed by atoms with Crippen molar-refractivity contribution in [2.75, 3.05) is 26.1 Å². The van der Waals surface area contributed by atoms with Crippen molar-refractivity contribution in [2.24, 2.45) is 0 Å². The van der Waals surface area contributed by atoms with Crippen molar-refractivity contribution in [3.63, 3.8) is 0 Å². The van der Waals surface area contributed by atoms with Crippen molar-refractivity contribution in [3.8, 4) is 0 Å². The van der Waals surface area contributed by atoms with Crippen LogP contribution in [0.15, 0.2) is 0 Å². The zero-order chi connectivity index (χ0) is 13.5. The standard InChI is InChI=1S/C9H18B2N2O5/c1-11(17)12-2-3-18-7-4-8(9(14)15)13(5-7)6-10-16/h7-8,12,17H,2-6H2,1H3,(H,14,15)/t7?,8-/m0/s1. The Labute approximate surface area is 107 Å². The summed E-state index contributed by atoms with van der Waals surface area (Å²) in [6, 6.07) is -0.648. The van der Waals surface area contributed by atoms with Gasteiger partial charge >= 0.3 is 106 Å². The second-order valence-electron chi connectivity index (χ2n) is 4.33. The normalized spacial score (nSPS) is 23.9. The van der Waals surface area contributed by atoms with Gasteiger partial charge in [-0.25, -0.2) is 0 Å². The monoisotopic (exact) mass is 256 g/mol. The summed E-state index contributed by atoms with van der Waals surface area (Å²) in [5.74, 6) is -0.926. The molecule has 0 aromatic heterocycles. The minimum atomic E-state index is -0.926. The van der Waals surface area contributed by atoms with Gasteiger partial charge in [-0.3, -0.25) is 0 Å². The van der Waals surface area contributed by atoms with E-state index in [4.69, 9.17) is 14.9 Å². The molecule has 1 rings (SSSR count). The van der Waals surface area contributed by atoms with Gasteiger partial charge in [0.25, 0.3) is 0 Å². The molecule has 0 radical (unpaired) electrons. The van der Waals surface area contributed by atoms with Crippen molar-refractivity contribution in [1.29, 1.82) is 0 Å². The molecule has 9 heteroatoms. The van der Waals surface area contributed by atoms with Gasteiger partial charge in [-0.05, 0) is 0 Å². The van der Waals surface area contributed by atoms with Crippen LogP contribution in [0.1, 0.15) is 6.42 Å². The number of hydrogen-bond donors (Lipinski definition) is 3. The third kappa shape index (κ3) is 4.85. The molecular formula is C9H18B2N2O5. The SMILES string of the molecule is CB(O)NCCOC1C[C@@H](C(=O)O)N(CB=O)C1. The molecule has 1 heterocycles. The molecule has 0 aromatic rings. The molecule has 1 fully saturated rings. The number of rotatable bonds is 8. The summed E-state index contributed by atoms with van der Waals surface area (Å²) in [6.45, 7) is 2.96. The van der Waals surface area contributed by atoms with Gasteiger partial charge in [0, 0.05) is 0 Å². The molecule has 1 saturated heterocycles. The van der Waals surface area contributed by atoms with Crippen molar-refractivity contribution >= 4 is 20.2 Å². The number of aliphatic carboxylic acids is 1. The molecule has 0 bridgehead atoms. The van der Waals surface area contributed by atoms with Crippen molar-refractivity contribution in [3.05, 3.63) is 0 Å². The van der Waals surface area contributed by atoms with Gasteiger partial charge in [0.2, 0.25) is 0 Å². The Morgan fingerprint density at radius 3 is 2.94 bits per heavy atom. The Bertz CT molecular complexity index is 292. The van der Waals surface area contributed by atoms with Crippen LogP contribution in [0.3, 0.4) is 0 Å².